The molecule has 1 N–H and O–H groups in total. The van der Waals surface area contributed by atoms with E-state index in [0.29, 0.717) is 16.6 Å². The van der Waals surface area contributed by atoms with Gasteiger partial charge in [0.15, 0.2) is 0 Å². The highest BCUT2D eigenvalue weighted by Crippen LogP contribution is 2.31. The number of halogens is 3. The number of carbonyl (C=O) groups is 2. The van der Waals surface area contributed by atoms with Gasteiger partial charge in [0.1, 0.15) is 11.5 Å². The molecule has 5 nitrogen and oxygen atoms in total. The Kier molecular flexibility index (Phi) is 4.82. The average molecular weight is 429 g/mol. The third kappa shape index (κ3) is 3.37. The lowest BCUT2D eigenvalue weighted by Gasteiger charge is -2.06. The van der Waals surface area contributed by atoms with Crippen LogP contribution in [-0.4, -0.2) is 26.8 Å². The Hall–Kier alpha value is -3.22. The summed E-state index contributed by atoms with van der Waals surface area (Å²) in [6.07, 6.45) is 0. The molecule has 0 saturated carbocycles. The third-order valence-electron chi connectivity index (χ3n) is 4.42. The van der Waals surface area contributed by atoms with Crippen LogP contribution in [0.15, 0.2) is 60.7 Å². The lowest BCUT2D eigenvalue weighted by molar-refractivity contribution is 0.0696. The van der Waals surface area contributed by atoms with E-state index in [1.807, 2.05) is 0 Å². The van der Waals surface area contributed by atoms with E-state index >= 15 is 0 Å². The van der Waals surface area contributed by atoms with E-state index in [-0.39, 0.29) is 26.7 Å². The van der Waals surface area contributed by atoms with Crippen molar-refractivity contribution in [1.29, 1.82) is 0 Å². The highest BCUT2D eigenvalue weighted by molar-refractivity contribution is 6.40. The molecule has 29 heavy (non-hydrogen) atoms. The number of aromatic carboxylic acids is 1. The maximum Gasteiger partial charge on any atom is 0.335 e. The molecule has 0 aliphatic carbocycles. The van der Waals surface area contributed by atoms with Crippen LogP contribution in [0.1, 0.15) is 20.7 Å². The summed E-state index contributed by atoms with van der Waals surface area (Å²) in [6, 6.07) is 14.6. The predicted molar refractivity (Wildman–Crippen MR) is 108 cm³/mol. The number of nitrogens with zero attached hydrogens (tertiary/aromatic N) is 2. The van der Waals surface area contributed by atoms with Crippen molar-refractivity contribution < 1.29 is 19.1 Å². The van der Waals surface area contributed by atoms with Crippen LogP contribution < -0.4 is 0 Å². The van der Waals surface area contributed by atoms with Crippen LogP contribution in [0.4, 0.5) is 4.39 Å². The van der Waals surface area contributed by atoms with E-state index in [1.54, 1.807) is 18.2 Å². The fourth-order valence-corrected chi connectivity index (χ4v) is 3.59. The van der Waals surface area contributed by atoms with Crippen molar-refractivity contribution in [1.82, 2.24) is 9.78 Å². The highest BCUT2D eigenvalue weighted by atomic mass is 35.5. The van der Waals surface area contributed by atoms with Gasteiger partial charge in [0, 0.05) is 17.0 Å². The first-order chi connectivity index (χ1) is 13.9. The van der Waals surface area contributed by atoms with Crippen molar-refractivity contribution in [2.45, 2.75) is 0 Å². The van der Waals surface area contributed by atoms with E-state index < -0.39 is 17.7 Å². The first-order valence-electron chi connectivity index (χ1n) is 8.37. The van der Waals surface area contributed by atoms with Crippen molar-refractivity contribution in [2.75, 3.05) is 0 Å². The van der Waals surface area contributed by atoms with Gasteiger partial charge in [-0.25, -0.2) is 9.18 Å². The summed E-state index contributed by atoms with van der Waals surface area (Å²) in [4.78, 5) is 24.2. The summed E-state index contributed by atoms with van der Waals surface area (Å²) >= 11 is 12.3. The Morgan fingerprint density at radius 3 is 2.24 bits per heavy atom. The molecule has 144 valence electrons. The van der Waals surface area contributed by atoms with Gasteiger partial charge in [-0.1, -0.05) is 41.4 Å². The van der Waals surface area contributed by atoms with Crippen LogP contribution in [0, 0.1) is 5.82 Å². The van der Waals surface area contributed by atoms with Gasteiger partial charge in [0.05, 0.1) is 26.7 Å². The number of carboxylic acid groups (broad SMARTS) is 1. The van der Waals surface area contributed by atoms with Gasteiger partial charge in [0.25, 0.3) is 5.91 Å². The number of rotatable bonds is 3. The number of hydrogen-bond acceptors (Lipinski definition) is 3. The fraction of sp³-hybridized carbons (Fsp3) is 0. The SMILES string of the molecule is O=C(O)c1ccc(-c2nn(C(=O)c3c(Cl)cccc3Cl)c3cc(F)ccc23)cc1. The lowest BCUT2D eigenvalue weighted by atomic mass is 10.1. The Balaban J connectivity index is 1.93. The van der Waals surface area contributed by atoms with Gasteiger partial charge in [-0.3, -0.25) is 4.79 Å². The molecular formula is C21H11Cl2FN2O3. The Labute approximate surface area is 173 Å². The minimum absolute atomic E-state index is 0.0530. The molecule has 0 unspecified atom stereocenters. The molecule has 0 bridgehead atoms. The summed E-state index contributed by atoms with van der Waals surface area (Å²) in [5, 5.41) is 14.3. The molecular weight excluding hydrogens is 418 g/mol. The number of benzene rings is 3. The maximum atomic E-state index is 13.9. The molecule has 0 radical (unpaired) electrons. The number of carboxylic acids is 1. The standard InChI is InChI=1S/C21H11Cl2FN2O3/c22-15-2-1-3-16(23)18(15)20(27)26-17-10-13(24)8-9-14(17)19(25-26)11-4-6-12(7-5-11)21(28)29/h1-10H,(H,28,29). The average Bonchev–Trinajstić information content (AvgIpc) is 3.06. The minimum Gasteiger partial charge on any atom is -0.478 e. The number of carbonyl (C=O) groups excluding carboxylic acids is 1. The Morgan fingerprint density at radius 1 is 0.966 bits per heavy atom. The van der Waals surface area contributed by atoms with Gasteiger partial charge in [-0.2, -0.15) is 9.78 Å². The van der Waals surface area contributed by atoms with Crippen LogP contribution in [0.2, 0.25) is 10.0 Å². The topological polar surface area (TPSA) is 72.2 Å². The van der Waals surface area contributed by atoms with E-state index in [0.717, 1.165) is 4.68 Å². The first-order valence-corrected chi connectivity index (χ1v) is 9.13. The smallest absolute Gasteiger partial charge is 0.335 e. The molecule has 0 aliphatic rings. The number of fused-ring (bicyclic) bond motifs is 1. The van der Waals surface area contributed by atoms with Gasteiger partial charge in [-0.15, -0.1) is 0 Å². The van der Waals surface area contributed by atoms with Gasteiger partial charge in [-0.05, 0) is 36.4 Å². The zero-order valence-electron chi connectivity index (χ0n) is 14.6. The number of aromatic nitrogens is 2. The van der Waals surface area contributed by atoms with E-state index in [4.69, 9.17) is 28.3 Å². The second-order valence-electron chi connectivity index (χ2n) is 6.21. The normalized spacial score (nSPS) is 11.0. The van der Waals surface area contributed by atoms with Crippen molar-refractivity contribution in [3.63, 3.8) is 0 Å². The molecule has 0 saturated heterocycles. The van der Waals surface area contributed by atoms with Crippen LogP contribution >= 0.6 is 23.2 Å². The fourth-order valence-electron chi connectivity index (χ4n) is 3.03. The second-order valence-corrected chi connectivity index (χ2v) is 7.02. The lowest BCUT2D eigenvalue weighted by Crippen LogP contribution is -2.15. The quantitative estimate of drug-likeness (QED) is 0.465. The summed E-state index contributed by atoms with van der Waals surface area (Å²) in [6.45, 7) is 0. The molecule has 1 aromatic heterocycles. The van der Waals surface area contributed by atoms with Gasteiger partial charge < -0.3 is 5.11 Å². The first kappa shape index (κ1) is 19.1. The predicted octanol–water partition coefficient (Wildman–Crippen LogP) is 5.54. The van der Waals surface area contributed by atoms with E-state index in [2.05, 4.69) is 5.10 Å². The van der Waals surface area contributed by atoms with Crippen molar-refractivity contribution in [3.05, 3.63) is 87.7 Å². The summed E-state index contributed by atoms with van der Waals surface area (Å²) in [5.41, 5.74) is 1.37. The van der Waals surface area contributed by atoms with Gasteiger partial charge in [0.2, 0.25) is 0 Å². The maximum absolute atomic E-state index is 13.9. The van der Waals surface area contributed by atoms with E-state index in [1.165, 1.54) is 42.5 Å². The zero-order valence-corrected chi connectivity index (χ0v) is 16.1. The van der Waals surface area contributed by atoms with Crippen LogP contribution in [0.25, 0.3) is 22.2 Å². The van der Waals surface area contributed by atoms with Crippen molar-refractivity contribution >= 4 is 46.0 Å². The largest absolute Gasteiger partial charge is 0.478 e. The third-order valence-corrected chi connectivity index (χ3v) is 5.05. The van der Waals surface area contributed by atoms with Crippen LogP contribution in [-0.2, 0) is 0 Å². The van der Waals surface area contributed by atoms with Crippen LogP contribution in [0.5, 0.6) is 0 Å². The summed E-state index contributed by atoms with van der Waals surface area (Å²) < 4.78 is 15.0. The van der Waals surface area contributed by atoms with E-state index in [9.17, 15) is 14.0 Å². The molecule has 3 aromatic carbocycles. The molecule has 4 rings (SSSR count). The van der Waals surface area contributed by atoms with Crippen molar-refractivity contribution in [2.24, 2.45) is 0 Å². The molecule has 0 fully saturated rings. The molecule has 0 amide bonds. The van der Waals surface area contributed by atoms with Crippen molar-refractivity contribution in [3.8, 4) is 11.3 Å². The summed E-state index contributed by atoms with van der Waals surface area (Å²) in [5.74, 6) is -2.20. The zero-order chi connectivity index (χ0) is 20.7. The van der Waals surface area contributed by atoms with Crippen LogP contribution in [0.3, 0.4) is 0 Å². The molecule has 0 atom stereocenters. The Bertz CT molecular complexity index is 1260. The molecule has 0 spiro atoms. The van der Waals surface area contributed by atoms with Gasteiger partial charge >= 0.3 is 5.97 Å². The summed E-state index contributed by atoms with van der Waals surface area (Å²) in [7, 11) is 0. The molecule has 1 heterocycles. The monoisotopic (exact) mass is 428 g/mol. The Morgan fingerprint density at radius 2 is 1.62 bits per heavy atom. The molecule has 8 heteroatoms. The number of hydrogen-bond donors (Lipinski definition) is 1. The molecule has 4 aromatic rings. The molecule has 0 aliphatic heterocycles. The second kappa shape index (κ2) is 7.31. The minimum atomic E-state index is -1.06. The highest BCUT2D eigenvalue weighted by Gasteiger charge is 2.22.